The van der Waals surface area contributed by atoms with Crippen LogP contribution >= 0.6 is 11.6 Å². The molecule has 0 spiro atoms. The number of aromatic hydroxyl groups is 1. The third-order valence-corrected chi connectivity index (χ3v) is 4.10. The van der Waals surface area contributed by atoms with E-state index in [-0.39, 0.29) is 5.75 Å². The zero-order chi connectivity index (χ0) is 13.0. The lowest BCUT2D eigenvalue weighted by Crippen LogP contribution is -2.26. The van der Waals surface area contributed by atoms with Crippen LogP contribution in [-0.4, -0.2) is 23.4 Å². The molecular formula is C14H20ClNO2. The van der Waals surface area contributed by atoms with Crippen LogP contribution in [0.2, 0.25) is 5.02 Å². The fourth-order valence-corrected chi connectivity index (χ4v) is 2.89. The summed E-state index contributed by atoms with van der Waals surface area (Å²) in [5.74, 6) is 1.17. The zero-order valence-electron chi connectivity index (χ0n) is 10.4. The number of hydrogen-bond donors (Lipinski definition) is 3. The van der Waals surface area contributed by atoms with Gasteiger partial charge in [-0.15, -0.1) is 0 Å². The van der Waals surface area contributed by atoms with Crippen LogP contribution in [0.1, 0.15) is 24.8 Å². The highest BCUT2D eigenvalue weighted by molar-refractivity contribution is 6.32. The molecule has 2 rings (SSSR count). The predicted octanol–water partition coefficient (Wildman–Crippen LogP) is 2.54. The molecule has 1 saturated carbocycles. The molecular weight excluding hydrogens is 250 g/mol. The Morgan fingerprint density at radius 3 is 2.78 bits per heavy atom. The molecule has 1 aliphatic rings. The maximum absolute atomic E-state index is 9.33. The highest BCUT2D eigenvalue weighted by Gasteiger charge is 2.25. The smallest absolute Gasteiger partial charge is 0.134 e. The first-order valence-electron chi connectivity index (χ1n) is 6.49. The van der Waals surface area contributed by atoms with E-state index >= 15 is 0 Å². The van der Waals surface area contributed by atoms with E-state index in [0.717, 1.165) is 25.1 Å². The lowest BCUT2D eigenvalue weighted by Gasteiger charge is -2.17. The van der Waals surface area contributed by atoms with Gasteiger partial charge in [0.25, 0.3) is 0 Å². The molecule has 3 nitrogen and oxygen atoms in total. The quantitative estimate of drug-likeness (QED) is 0.770. The molecule has 2 atom stereocenters. The average Bonchev–Trinajstić information content (AvgIpc) is 2.81. The molecule has 2 unspecified atom stereocenters. The highest BCUT2D eigenvalue weighted by atomic mass is 35.5. The summed E-state index contributed by atoms with van der Waals surface area (Å²) in [7, 11) is 0. The summed E-state index contributed by atoms with van der Waals surface area (Å²) in [6.07, 6.45) is 3.57. The Balaban J connectivity index is 1.79. The van der Waals surface area contributed by atoms with E-state index in [1.807, 2.05) is 6.07 Å². The molecule has 0 aromatic heterocycles. The summed E-state index contributed by atoms with van der Waals surface area (Å²) < 4.78 is 0. The molecule has 1 fully saturated rings. The first kappa shape index (κ1) is 13.7. The van der Waals surface area contributed by atoms with Crippen molar-refractivity contribution in [1.82, 2.24) is 5.32 Å². The molecule has 0 bridgehead atoms. The standard InChI is InChI=1S/C14H20ClNO2/c15-13-6-10(4-5-14(13)18)7-16-8-11-2-1-3-12(11)9-17/h4-6,11-12,16-18H,1-3,7-9H2. The number of aliphatic hydroxyl groups excluding tert-OH is 1. The van der Waals surface area contributed by atoms with Gasteiger partial charge >= 0.3 is 0 Å². The minimum absolute atomic E-state index is 0.122. The number of nitrogens with one attached hydrogen (secondary N) is 1. The van der Waals surface area contributed by atoms with Gasteiger partial charge in [0, 0.05) is 13.2 Å². The van der Waals surface area contributed by atoms with Crippen LogP contribution in [0.5, 0.6) is 5.75 Å². The van der Waals surface area contributed by atoms with Crippen LogP contribution in [0.15, 0.2) is 18.2 Å². The molecule has 1 aliphatic carbocycles. The van der Waals surface area contributed by atoms with Gasteiger partial charge in [-0.1, -0.05) is 24.1 Å². The van der Waals surface area contributed by atoms with E-state index in [9.17, 15) is 10.2 Å². The van der Waals surface area contributed by atoms with Crippen LogP contribution in [0, 0.1) is 11.8 Å². The summed E-state index contributed by atoms with van der Waals surface area (Å²) in [5, 5.41) is 22.4. The Labute approximate surface area is 113 Å². The second-order valence-electron chi connectivity index (χ2n) is 5.05. The maximum Gasteiger partial charge on any atom is 0.134 e. The fourth-order valence-electron chi connectivity index (χ4n) is 2.68. The van der Waals surface area contributed by atoms with Gasteiger partial charge in [0.05, 0.1) is 5.02 Å². The summed E-state index contributed by atoms with van der Waals surface area (Å²) in [4.78, 5) is 0. The third kappa shape index (κ3) is 3.37. The SMILES string of the molecule is OCC1CCCC1CNCc1ccc(O)c(Cl)c1. The lowest BCUT2D eigenvalue weighted by molar-refractivity contribution is 0.192. The van der Waals surface area contributed by atoms with Gasteiger partial charge in [-0.2, -0.15) is 0 Å². The van der Waals surface area contributed by atoms with Gasteiger partial charge in [0.2, 0.25) is 0 Å². The Morgan fingerprint density at radius 2 is 2.06 bits per heavy atom. The first-order valence-corrected chi connectivity index (χ1v) is 6.87. The molecule has 18 heavy (non-hydrogen) atoms. The minimum atomic E-state index is 0.122. The van der Waals surface area contributed by atoms with Crippen LogP contribution < -0.4 is 5.32 Å². The van der Waals surface area contributed by atoms with Crippen molar-refractivity contribution in [3.8, 4) is 5.75 Å². The van der Waals surface area contributed by atoms with Crippen molar-refractivity contribution in [2.45, 2.75) is 25.8 Å². The van der Waals surface area contributed by atoms with Crippen molar-refractivity contribution in [2.24, 2.45) is 11.8 Å². The number of aliphatic hydroxyl groups is 1. The van der Waals surface area contributed by atoms with Crippen molar-refractivity contribution < 1.29 is 10.2 Å². The van der Waals surface area contributed by atoms with Gasteiger partial charge in [0.15, 0.2) is 0 Å². The highest BCUT2D eigenvalue weighted by Crippen LogP contribution is 2.30. The molecule has 0 aliphatic heterocycles. The molecule has 1 aromatic rings. The Kier molecular flexibility index (Phi) is 4.87. The van der Waals surface area contributed by atoms with Crippen molar-refractivity contribution in [1.29, 1.82) is 0 Å². The van der Waals surface area contributed by atoms with Gasteiger partial charge in [0.1, 0.15) is 5.75 Å². The number of rotatable bonds is 5. The van der Waals surface area contributed by atoms with E-state index in [4.69, 9.17) is 11.6 Å². The van der Waals surface area contributed by atoms with E-state index in [2.05, 4.69) is 5.32 Å². The molecule has 3 N–H and O–H groups in total. The van der Waals surface area contributed by atoms with E-state index < -0.39 is 0 Å². The summed E-state index contributed by atoms with van der Waals surface area (Å²) in [6.45, 7) is 1.98. The number of halogens is 1. The largest absolute Gasteiger partial charge is 0.506 e. The summed E-state index contributed by atoms with van der Waals surface area (Å²) >= 11 is 5.85. The predicted molar refractivity (Wildman–Crippen MR) is 72.7 cm³/mol. The number of benzene rings is 1. The monoisotopic (exact) mass is 269 g/mol. The second-order valence-corrected chi connectivity index (χ2v) is 5.46. The maximum atomic E-state index is 9.33. The van der Waals surface area contributed by atoms with Crippen LogP contribution in [0.4, 0.5) is 0 Å². The van der Waals surface area contributed by atoms with Crippen molar-refractivity contribution >= 4 is 11.6 Å². The molecule has 4 heteroatoms. The van der Waals surface area contributed by atoms with E-state index in [1.54, 1.807) is 12.1 Å². The molecule has 0 radical (unpaired) electrons. The summed E-state index contributed by atoms with van der Waals surface area (Å²) in [5.41, 5.74) is 1.07. The van der Waals surface area contributed by atoms with Crippen LogP contribution in [0.25, 0.3) is 0 Å². The minimum Gasteiger partial charge on any atom is -0.506 e. The van der Waals surface area contributed by atoms with Crippen LogP contribution in [-0.2, 0) is 6.54 Å². The number of hydrogen-bond acceptors (Lipinski definition) is 3. The fraction of sp³-hybridized carbons (Fsp3) is 0.571. The number of phenols is 1. The molecule has 0 saturated heterocycles. The van der Waals surface area contributed by atoms with Crippen molar-refractivity contribution in [3.05, 3.63) is 28.8 Å². The Hall–Kier alpha value is -0.770. The van der Waals surface area contributed by atoms with E-state index in [1.165, 1.54) is 12.8 Å². The molecule has 100 valence electrons. The van der Waals surface area contributed by atoms with Gasteiger partial charge < -0.3 is 15.5 Å². The summed E-state index contributed by atoms with van der Waals surface area (Å²) in [6, 6.07) is 5.26. The van der Waals surface area contributed by atoms with Gasteiger partial charge in [-0.3, -0.25) is 0 Å². The molecule has 0 amide bonds. The normalized spacial score (nSPS) is 23.4. The Bertz CT molecular complexity index is 397. The molecule has 0 heterocycles. The lowest BCUT2D eigenvalue weighted by atomic mass is 9.97. The van der Waals surface area contributed by atoms with Gasteiger partial charge in [-0.25, -0.2) is 0 Å². The van der Waals surface area contributed by atoms with Crippen LogP contribution in [0.3, 0.4) is 0 Å². The third-order valence-electron chi connectivity index (χ3n) is 3.80. The second kappa shape index (κ2) is 6.41. The van der Waals surface area contributed by atoms with Crippen molar-refractivity contribution in [3.63, 3.8) is 0 Å². The number of phenolic OH excluding ortho intramolecular Hbond substituents is 1. The van der Waals surface area contributed by atoms with Crippen molar-refractivity contribution in [2.75, 3.05) is 13.2 Å². The Morgan fingerprint density at radius 1 is 1.28 bits per heavy atom. The van der Waals surface area contributed by atoms with Gasteiger partial charge in [-0.05, 0) is 48.9 Å². The first-order chi connectivity index (χ1) is 8.70. The molecule has 1 aromatic carbocycles. The average molecular weight is 270 g/mol. The zero-order valence-corrected chi connectivity index (χ0v) is 11.2. The topological polar surface area (TPSA) is 52.5 Å². The van der Waals surface area contributed by atoms with E-state index in [0.29, 0.717) is 23.5 Å².